The first-order valence-corrected chi connectivity index (χ1v) is 4.58. The molecule has 1 atom stereocenters. The van der Waals surface area contributed by atoms with E-state index in [1.54, 1.807) is 0 Å². The number of nitrogens with two attached hydrogens (primary N) is 1. The smallest absolute Gasteiger partial charge is 0.309 e. The maximum absolute atomic E-state index is 11.0. The third kappa shape index (κ3) is 5.60. The topological polar surface area (TPSA) is 55.6 Å². The summed E-state index contributed by atoms with van der Waals surface area (Å²) in [5.74, 6) is -0.215. The molecule has 0 aromatic carbocycles. The zero-order valence-electron chi connectivity index (χ0n) is 8.75. The average molecular weight is 188 g/mol. The number of hydrogen-bond donors (Lipinski definition) is 1. The van der Waals surface area contributed by atoms with Gasteiger partial charge in [0.2, 0.25) is 0 Å². The van der Waals surface area contributed by atoms with Gasteiger partial charge in [0.15, 0.2) is 0 Å². The molecule has 0 aliphatic heterocycles. The maximum Gasteiger partial charge on any atom is 0.309 e. The average Bonchev–Trinajstić information content (AvgIpc) is 2.13. The predicted molar refractivity (Wildman–Crippen MR) is 52.3 cm³/mol. The lowest BCUT2D eigenvalue weighted by molar-refractivity contribution is -0.145. The lowest BCUT2D eigenvalue weighted by Crippen LogP contribution is -2.30. The van der Waals surface area contributed by atoms with Crippen LogP contribution in [0.15, 0.2) is 0 Å². The van der Waals surface area contributed by atoms with Crippen molar-refractivity contribution in [2.45, 2.75) is 13.3 Å². The molecule has 0 fully saturated rings. The summed E-state index contributed by atoms with van der Waals surface area (Å²) in [6.45, 7) is 4.21. The van der Waals surface area contributed by atoms with Crippen molar-refractivity contribution < 1.29 is 9.53 Å². The molecule has 1 unspecified atom stereocenters. The Morgan fingerprint density at radius 2 is 2.23 bits per heavy atom. The number of methoxy groups -OCH3 is 1. The Balaban J connectivity index is 3.64. The normalized spacial score (nSPS) is 13.0. The van der Waals surface area contributed by atoms with Crippen molar-refractivity contribution in [1.29, 1.82) is 0 Å². The highest BCUT2D eigenvalue weighted by Gasteiger charge is 2.14. The van der Waals surface area contributed by atoms with Gasteiger partial charge < -0.3 is 15.4 Å². The van der Waals surface area contributed by atoms with Gasteiger partial charge in [-0.2, -0.15) is 0 Å². The van der Waals surface area contributed by atoms with E-state index >= 15 is 0 Å². The summed E-state index contributed by atoms with van der Waals surface area (Å²) < 4.78 is 4.63. The van der Waals surface area contributed by atoms with Crippen molar-refractivity contribution in [2.24, 2.45) is 11.7 Å². The molecule has 78 valence electrons. The molecule has 0 radical (unpaired) electrons. The van der Waals surface area contributed by atoms with Crippen LogP contribution in [-0.2, 0) is 9.53 Å². The Morgan fingerprint density at radius 3 is 2.69 bits per heavy atom. The van der Waals surface area contributed by atoms with Crippen molar-refractivity contribution in [3.8, 4) is 0 Å². The van der Waals surface area contributed by atoms with Crippen LogP contribution in [0.5, 0.6) is 0 Å². The van der Waals surface area contributed by atoms with Crippen LogP contribution in [0.25, 0.3) is 0 Å². The fourth-order valence-electron chi connectivity index (χ4n) is 1.20. The molecule has 2 N–H and O–H groups in total. The molecule has 0 amide bonds. The molecule has 0 aromatic rings. The first kappa shape index (κ1) is 12.4. The van der Waals surface area contributed by atoms with Crippen molar-refractivity contribution in [2.75, 3.05) is 33.8 Å². The highest BCUT2D eigenvalue weighted by molar-refractivity contribution is 5.71. The van der Waals surface area contributed by atoms with Crippen molar-refractivity contribution >= 4 is 5.97 Å². The standard InChI is InChI=1S/C9H20N2O2/c1-8(9(12)13-3)7-11(2)6-4-5-10/h8H,4-7,10H2,1-3H3. The molecule has 0 spiro atoms. The molecule has 13 heavy (non-hydrogen) atoms. The summed E-state index contributed by atoms with van der Waals surface area (Å²) in [5, 5.41) is 0. The van der Waals surface area contributed by atoms with Crippen molar-refractivity contribution in [1.82, 2.24) is 4.90 Å². The summed E-state index contributed by atoms with van der Waals surface area (Å²) >= 11 is 0. The van der Waals surface area contributed by atoms with Gasteiger partial charge in [-0.25, -0.2) is 0 Å². The van der Waals surface area contributed by atoms with E-state index in [0.717, 1.165) is 19.5 Å². The van der Waals surface area contributed by atoms with E-state index in [9.17, 15) is 4.79 Å². The molecule has 0 saturated carbocycles. The van der Waals surface area contributed by atoms with Gasteiger partial charge in [-0.3, -0.25) is 4.79 Å². The maximum atomic E-state index is 11.0. The number of ether oxygens (including phenoxy) is 1. The van der Waals surface area contributed by atoms with E-state index in [1.807, 2.05) is 14.0 Å². The van der Waals surface area contributed by atoms with Crippen LogP contribution in [0, 0.1) is 5.92 Å². The van der Waals surface area contributed by atoms with Crippen LogP contribution in [0.2, 0.25) is 0 Å². The van der Waals surface area contributed by atoms with E-state index in [-0.39, 0.29) is 11.9 Å². The largest absolute Gasteiger partial charge is 0.469 e. The molecule has 0 aromatic heterocycles. The quantitative estimate of drug-likeness (QED) is 0.600. The predicted octanol–water partition coefficient (Wildman–Crippen LogP) is 0.0761. The molecule has 0 rings (SSSR count). The van der Waals surface area contributed by atoms with Crippen LogP contribution >= 0.6 is 0 Å². The van der Waals surface area contributed by atoms with Gasteiger partial charge in [-0.1, -0.05) is 6.92 Å². The number of nitrogens with zero attached hydrogens (tertiary/aromatic N) is 1. The molecule has 0 aliphatic carbocycles. The minimum Gasteiger partial charge on any atom is -0.469 e. The Bertz CT molecular complexity index is 151. The second kappa shape index (κ2) is 6.86. The van der Waals surface area contributed by atoms with Gasteiger partial charge >= 0.3 is 5.97 Å². The summed E-state index contributed by atoms with van der Waals surface area (Å²) in [6, 6.07) is 0. The summed E-state index contributed by atoms with van der Waals surface area (Å²) in [5.41, 5.74) is 5.38. The second-order valence-electron chi connectivity index (χ2n) is 3.33. The van der Waals surface area contributed by atoms with Crippen LogP contribution in [0.4, 0.5) is 0 Å². The number of esters is 1. The fraction of sp³-hybridized carbons (Fsp3) is 0.889. The number of carbonyl (C=O) groups excluding carboxylic acids is 1. The highest BCUT2D eigenvalue weighted by Crippen LogP contribution is 2.00. The molecule has 0 bridgehead atoms. The van der Waals surface area contributed by atoms with E-state index < -0.39 is 0 Å². The van der Waals surface area contributed by atoms with Crippen LogP contribution in [-0.4, -0.2) is 44.7 Å². The second-order valence-corrected chi connectivity index (χ2v) is 3.33. The minimum atomic E-state index is -0.153. The zero-order valence-corrected chi connectivity index (χ0v) is 8.75. The Morgan fingerprint density at radius 1 is 1.62 bits per heavy atom. The molecule has 0 aliphatic rings. The lowest BCUT2D eigenvalue weighted by atomic mass is 10.2. The monoisotopic (exact) mass is 188 g/mol. The zero-order chi connectivity index (χ0) is 10.3. The number of rotatable bonds is 6. The molecule has 4 heteroatoms. The summed E-state index contributed by atoms with van der Waals surface area (Å²) in [4.78, 5) is 13.1. The molecule has 4 nitrogen and oxygen atoms in total. The van der Waals surface area contributed by atoms with Crippen LogP contribution in [0.3, 0.4) is 0 Å². The molecule has 0 saturated heterocycles. The van der Waals surface area contributed by atoms with Gasteiger partial charge in [0.1, 0.15) is 0 Å². The SMILES string of the molecule is COC(=O)C(C)CN(C)CCCN. The lowest BCUT2D eigenvalue weighted by Gasteiger charge is -2.19. The van der Waals surface area contributed by atoms with E-state index in [0.29, 0.717) is 6.54 Å². The van der Waals surface area contributed by atoms with E-state index in [2.05, 4.69) is 9.64 Å². The first-order valence-electron chi connectivity index (χ1n) is 4.58. The fourth-order valence-corrected chi connectivity index (χ4v) is 1.20. The van der Waals surface area contributed by atoms with Crippen LogP contribution in [0.1, 0.15) is 13.3 Å². The number of hydrogen-bond acceptors (Lipinski definition) is 4. The van der Waals surface area contributed by atoms with Gasteiger partial charge in [-0.05, 0) is 26.6 Å². The molecule has 0 heterocycles. The summed E-state index contributed by atoms with van der Waals surface area (Å²) in [7, 11) is 3.40. The van der Waals surface area contributed by atoms with E-state index in [1.165, 1.54) is 7.11 Å². The van der Waals surface area contributed by atoms with Gasteiger partial charge in [0.25, 0.3) is 0 Å². The van der Waals surface area contributed by atoms with Gasteiger partial charge in [0, 0.05) is 6.54 Å². The molecular formula is C9H20N2O2. The van der Waals surface area contributed by atoms with Crippen molar-refractivity contribution in [3.63, 3.8) is 0 Å². The van der Waals surface area contributed by atoms with Gasteiger partial charge in [-0.15, -0.1) is 0 Å². The minimum absolute atomic E-state index is 0.0622. The number of carbonyl (C=O) groups is 1. The first-order chi connectivity index (χ1) is 6.11. The van der Waals surface area contributed by atoms with Crippen LogP contribution < -0.4 is 5.73 Å². The third-order valence-electron chi connectivity index (χ3n) is 1.93. The third-order valence-corrected chi connectivity index (χ3v) is 1.93. The van der Waals surface area contributed by atoms with Gasteiger partial charge in [0.05, 0.1) is 13.0 Å². The highest BCUT2D eigenvalue weighted by atomic mass is 16.5. The Kier molecular flexibility index (Phi) is 6.54. The summed E-state index contributed by atoms with van der Waals surface area (Å²) in [6.07, 6.45) is 0.963. The Hall–Kier alpha value is -0.610. The van der Waals surface area contributed by atoms with Crippen molar-refractivity contribution in [3.05, 3.63) is 0 Å². The molecular weight excluding hydrogens is 168 g/mol. The Labute approximate surface area is 80.0 Å². The van der Waals surface area contributed by atoms with E-state index in [4.69, 9.17) is 5.73 Å².